The molecule has 2 amide bonds. The number of halogens is 1. The normalized spacial score (nSPS) is 10.3. The topological polar surface area (TPSA) is 104 Å². The highest BCUT2D eigenvalue weighted by Gasteiger charge is 2.20. The zero-order valence-electron chi connectivity index (χ0n) is 20.1. The first kappa shape index (κ1) is 26.7. The number of nitrogens with zero attached hydrogens (tertiary/aromatic N) is 1. The molecule has 0 unspecified atom stereocenters. The van der Waals surface area contributed by atoms with Crippen molar-refractivity contribution in [2.24, 2.45) is 5.92 Å². The Hall–Kier alpha value is -3.59. The molecule has 34 heavy (non-hydrogen) atoms. The average Bonchev–Trinajstić information content (AvgIpc) is 3.31. The molecule has 0 saturated carbocycles. The molecule has 2 aromatic carbocycles. The third-order valence-corrected chi connectivity index (χ3v) is 4.94. The number of hydrogen-bond donors (Lipinski definition) is 2. The second kappa shape index (κ2) is 12.0. The summed E-state index contributed by atoms with van der Waals surface area (Å²) in [6, 6.07) is 8.73. The fraction of sp³-hybridized carbons (Fsp3) is 0.333. The predicted octanol–water partition coefficient (Wildman–Crippen LogP) is 5.24. The molecule has 10 heteroatoms. The quantitative estimate of drug-likeness (QED) is 0.421. The molecular formula is C24H30ClN3O6. The fourth-order valence-electron chi connectivity index (χ4n) is 3.30. The molecule has 0 spiro atoms. The molecule has 184 valence electrons. The van der Waals surface area contributed by atoms with E-state index in [1.165, 1.54) is 0 Å². The summed E-state index contributed by atoms with van der Waals surface area (Å²) in [5, 5.41) is 9.87. The number of rotatable bonds is 9. The van der Waals surface area contributed by atoms with Crippen LogP contribution in [0.4, 0.5) is 10.5 Å². The number of nitrogens with one attached hydrogen (secondary N) is 2. The lowest BCUT2D eigenvalue weighted by Gasteiger charge is -2.15. The average molecular weight is 492 g/mol. The number of anilines is 1. The summed E-state index contributed by atoms with van der Waals surface area (Å²) >= 11 is 0. The van der Waals surface area contributed by atoms with Gasteiger partial charge in [0, 0.05) is 17.7 Å². The van der Waals surface area contributed by atoms with Crippen molar-refractivity contribution in [2.45, 2.75) is 13.8 Å². The lowest BCUT2D eigenvalue weighted by Crippen LogP contribution is -2.31. The standard InChI is InChI=1S/C24H29N3O6.ClH/c1-14(2)12-25-24(28)26-18-9-15(7-8-19(18)29-3)17-13-33-27-22(17)16-10-20(30-4)23(32-6)21(11-16)31-5;/h7-11,13-14H,12H2,1-6H3,(H2,25,26,28);1H. The van der Waals surface area contributed by atoms with Gasteiger partial charge in [-0.2, -0.15) is 0 Å². The Morgan fingerprint density at radius 1 is 0.941 bits per heavy atom. The number of hydrogen-bond acceptors (Lipinski definition) is 7. The first-order valence-electron chi connectivity index (χ1n) is 10.4. The predicted molar refractivity (Wildman–Crippen MR) is 133 cm³/mol. The van der Waals surface area contributed by atoms with E-state index in [0.29, 0.717) is 52.4 Å². The molecule has 0 bridgehead atoms. The van der Waals surface area contributed by atoms with Crippen LogP contribution in [0.5, 0.6) is 23.0 Å². The Bertz CT molecular complexity index is 1090. The summed E-state index contributed by atoms with van der Waals surface area (Å²) < 4.78 is 27.1. The van der Waals surface area contributed by atoms with Crippen molar-refractivity contribution < 1.29 is 28.3 Å². The van der Waals surface area contributed by atoms with Gasteiger partial charge in [0.1, 0.15) is 17.7 Å². The first-order valence-corrected chi connectivity index (χ1v) is 10.4. The number of methoxy groups -OCH3 is 4. The number of benzene rings is 2. The Morgan fingerprint density at radius 3 is 2.15 bits per heavy atom. The molecule has 1 heterocycles. The zero-order valence-corrected chi connectivity index (χ0v) is 20.9. The summed E-state index contributed by atoms with van der Waals surface area (Å²) in [5.41, 5.74) is 3.31. The van der Waals surface area contributed by atoms with Crippen molar-refractivity contribution in [2.75, 3.05) is 40.3 Å². The summed E-state index contributed by atoms with van der Waals surface area (Å²) in [6.45, 7) is 4.61. The maximum absolute atomic E-state index is 12.3. The molecule has 1 aromatic heterocycles. The van der Waals surface area contributed by atoms with Crippen molar-refractivity contribution in [3.8, 4) is 45.4 Å². The smallest absolute Gasteiger partial charge is 0.319 e. The van der Waals surface area contributed by atoms with Gasteiger partial charge in [-0.05, 0) is 35.7 Å². The van der Waals surface area contributed by atoms with Crippen LogP contribution in [-0.2, 0) is 0 Å². The number of aromatic nitrogens is 1. The minimum atomic E-state index is -0.311. The van der Waals surface area contributed by atoms with Crippen molar-refractivity contribution >= 4 is 24.1 Å². The lowest BCUT2D eigenvalue weighted by molar-refractivity contribution is 0.250. The molecule has 0 atom stereocenters. The fourth-order valence-corrected chi connectivity index (χ4v) is 3.30. The first-order chi connectivity index (χ1) is 15.9. The Balaban J connectivity index is 0.00000408. The molecule has 0 fully saturated rings. The third-order valence-electron chi connectivity index (χ3n) is 4.94. The van der Waals surface area contributed by atoms with E-state index < -0.39 is 0 Å². The highest BCUT2D eigenvalue weighted by molar-refractivity contribution is 5.93. The second-order valence-electron chi connectivity index (χ2n) is 7.63. The second-order valence-corrected chi connectivity index (χ2v) is 7.63. The zero-order chi connectivity index (χ0) is 24.0. The van der Waals surface area contributed by atoms with Gasteiger partial charge in [0.25, 0.3) is 0 Å². The van der Waals surface area contributed by atoms with Crippen LogP contribution in [0, 0.1) is 5.92 Å². The van der Waals surface area contributed by atoms with Gasteiger partial charge in [0.15, 0.2) is 11.5 Å². The Morgan fingerprint density at radius 2 is 1.59 bits per heavy atom. The molecule has 0 aliphatic heterocycles. The van der Waals surface area contributed by atoms with Crippen LogP contribution in [0.2, 0.25) is 0 Å². The van der Waals surface area contributed by atoms with E-state index in [9.17, 15) is 4.79 Å². The van der Waals surface area contributed by atoms with Crippen LogP contribution in [0.1, 0.15) is 13.8 Å². The van der Waals surface area contributed by atoms with Crippen molar-refractivity contribution in [3.63, 3.8) is 0 Å². The largest absolute Gasteiger partial charge is 0.495 e. The van der Waals surface area contributed by atoms with E-state index in [-0.39, 0.29) is 18.4 Å². The van der Waals surface area contributed by atoms with E-state index in [4.69, 9.17) is 23.5 Å². The highest BCUT2D eigenvalue weighted by atomic mass is 35.5. The van der Waals surface area contributed by atoms with Gasteiger partial charge in [-0.25, -0.2) is 4.79 Å². The Labute approximate surface area is 205 Å². The van der Waals surface area contributed by atoms with Crippen molar-refractivity contribution in [3.05, 3.63) is 36.6 Å². The van der Waals surface area contributed by atoms with Crippen molar-refractivity contribution in [1.82, 2.24) is 10.5 Å². The molecule has 3 rings (SSSR count). The van der Waals surface area contributed by atoms with Gasteiger partial charge in [-0.3, -0.25) is 0 Å². The minimum Gasteiger partial charge on any atom is -0.495 e. The SMILES string of the molecule is COc1ccc(-c2conc2-c2cc(OC)c(OC)c(OC)c2)cc1NC(=O)NCC(C)C.Cl. The summed E-state index contributed by atoms with van der Waals surface area (Å²) in [6.07, 6.45) is 1.54. The van der Waals surface area contributed by atoms with Gasteiger partial charge < -0.3 is 34.1 Å². The molecule has 9 nitrogen and oxygen atoms in total. The van der Waals surface area contributed by atoms with Gasteiger partial charge in [-0.15, -0.1) is 12.4 Å². The van der Waals surface area contributed by atoms with Crippen LogP contribution < -0.4 is 29.6 Å². The number of amides is 2. The van der Waals surface area contributed by atoms with Crippen LogP contribution >= 0.6 is 12.4 Å². The van der Waals surface area contributed by atoms with E-state index in [1.54, 1.807) is 52.9 Å². The number of urea groups is 1. The molecule has 0 radical (unpaired) electrons. The summed E-state index contributed by atoms with van der Waals surface area (Å²) in [7, 11) is 6.20. The number of carbonyl (C=O) groups excluding carboxylic acids is 1. The molecule has 0 aliphatic rings. The molecule has 0 saturated heterocycles. The van der Waals surface area contributed by atoms with E-state index in [1.807, 2.05) is 26.0 Å². The number of ether oxygens (including phenoxy) is 4. The molecule has 2 N–H and O–H groups in total. The maximum atomic E-state index is 12.3. The monoisotopic (exact) mass is 491 g/mol. The van der Waals surface area contributed by atoms with Gasteiger partial charge in [-0.1, -0.05) is 25.1 Å². The minimum absolute atomic E-state index is 0. The summed E-state index contributed by atoms with van der Waals surface area (Å²) in [5.74, 6) is 2.35. The lowest BCUT2D eigenvalue weighted by atomic mass is 10.0. The van der Waals surface area contributed by atoms with E-state index in [0.717, 1.165) is 11.1 Å². The molecule has 0 aliphatic carbocycles. The molecular weight excluding hydrogens is 462 g/mol. The van der Waals surface area contributed by atoms with Gasteiger partial charge in [0.2, 0.25) is 5.75 Å². The van der Waals surface area contributed by atoms with E-state index in [2.05, 4.69) is 15.8 Å². The van der Waals surface area contributed by atoms with Crippen molar-refractivity contribution in [1.29, 1.82) is 0 Å². The molecule has 3 aromatic rings. The highest BCUT2D eigenvalue weighted by Crippen LogP contribution is 2.43. The maximum Gasteiger partial charge on any atom is 0.319 e. The van der Waals surface area contributed by atoms with Crippen LogP contribution in [0.15, 0.2) is 41.1 Å². The van der Waals surface area contributed by atoms with Gasteiger partial charge in [0.05, 0.1) is 34.1 Å². The summed E-state index contributed by atoms with van der Waals surface area (Å²) in [4.78, 5) is 12.3. The Kier molecular flexibility index (Phi) is 9.44. The van der Waals surface area contributed by atoms with Gasteiger partial charge >= 0.3 is 6.03 Å². The number of carbonyl (C=O) groups is 1. The van der Waals surface area contributed by atoms with Crippen LogP contribution in [-0.4, -0.2) is 46.2 Å². The van der Waals surface area contributed by atoms with Crippen LogP contribution in [0.25, 0.3) is 22.4 Å². The third kappa shape index (κ3) is 5.85. The van der Waals surface area contributed by atoms with E-state index >= 15 is 0 Å². The van der Waals surface area contributed by atoms with Crippen LogP contribution in [0.3, 0.4) is 0 Å².